The number of morpholine rings is 1. The summed E-state index contributed by atoms with van der Waals surface area (Å²) in [5.41, 5.74) is 2.60. The van der Waals surface area contributed by atoms with Crippen LogP contribution in [0.1, 0.15) is 10.6 Å². The van der Waals surface area contributed by atoms with Gasteiger partial charge in [0.15, 0.2) is 5.76 Å². The van der Waals surface area contributed by atoms with Gasteiger partial charge < -0.3 is 19.4 Å². The summed E-state index contributed by atoms with van der Waals surface area (Å²) in [4.78, 5) is 14.8. The largest absolute Gasteiger partial charge is 0.451 e. The zero-order chi connectivity index (χ0) is 19.5. The Labute approximate surface area is 176 Å². The molecule has 0 spiro atoms. The molecule has 0 unspecified atom stereocenters. The number of halogens is 2. The van der Waals surface area contributed by atoms with E-state index in [4.69, 9.17) is 20.8 Å². The van der Waals surface area contributed by atoms with Gasteiger partial charge in [0.2, 0.25) is 0 Å². The molecule has 1 aliphatic rings. The van der Waals surface area contributed by atoms with E-state index in [0.717, 1.165) is 42.0 Å². The van der Waals surface area contributed by atoms with Gasteiger partial charge in [0.25, 0.3) is 5.91 Å². The van der Waals surface area contributed by atoms with Crippen LogP contribution in [-0.2, 0) is 4.74 Å². The van der Waals surface area contributed by atoms with E-state index in [-0.39, 0.29) is 11.7 Å². The van der Waals surface area contributed by atoms with Crippen molar-refractivity contribution in [3.8, 4) is 11.3 Å². The molecule has 1 fully saturated rings. The van der Waals surface area contributed by atoms with Crippen molar-refractivity contribution in [2.75, 3.05) is 36.5 Å². The van der Waals surface area contributed by atoms with Crippen LogP contribution in [0.25, 0.3) is 11.3 Å². The highest BCUT2D eigenvalue weighted by Gasteiger charge is 2.16. The fourth-order valence-electron chi connectivity index (χ4n) is 3.09. The number of ether oxygens (including phenoxy) is 1. The van der Waals surface area contributed by atoms with Gasteiger partial charge in [-0.05, 0) is 58.4 Å². The molecule has 1 N–H and O–H groups in total. The van der Waals surface area contributed by atoms with Crippen molar-refractivity contribution >= 4 is 44.8 Å². The average Bonchev–Trinajstić information content (AvgIpc) is 3.19. The first-order chi connectivity index (χ1) is 13.6. The topological polar surface area (TPSA) is 54.7 Å². The molecule has 5 nitrogen and oxygen atoms in total. The maximum atomic E-state index is 12.6. The Kier molecular flexibility index (Phi) is 5.71. The van der Waals surface area contributed by atoms with E-state index in [1.807, 2.05) is 30.3 Å². The summed E-state index contributed by atoms with van der Waals surface area (Å²) >= 11 is 9.62. The van der Waals surface area contributed by atoms with Gasteiger partial charge in [0.05, 0.1) is 18.9 Å². The van der Waals surface area contributed by atoms with Crippen LogP contribution in [-0.4, -0.2) is 32.2 Å². The van der Waals surface area contributed by atoms with E-state index < -0.39 is 0 Å². The molecule has 4 rings (SSSR count). The second kappa shape index (κ2) is 8.39. The summed E-state index contributed by atoms with van der Waals surface area (Å²) in [6, 6.07) is 16.5. The third-order valence-electron chi connectivity index (χ3n) is 4.50. The first kappa shape index (κ1) is 19.1. The summed E-state index contributed by atoms with van der Waals surface area (Å²) in [7, 11) is 0. The monoisotopic (exact) mass is 460 g/mol. The van der Waals surface area contributed by atoms with Gasteiger partial charge in [-0.1, -0.05) is 23.7 Å². The predicted molar refractivity (Wildman–Crippen MR) is 114 cm³/mol. The second-order valence-electron chi connectivity index (χ2n) is 6.39. The zero-order valence-electron chi connectivity index (χ0n) is 15.0. The molecule has 2 aromatic carbocycles. The van der Waals surface area contributed by atoms with Crippen LogP contribution in [0.15, 0.2) is 63.5 Å². The highest BCUT2D eigenvalue weighted by molar-refractivity contribution is 9.10. The predicted octanol–water partition coefficient (Wildman–Crippen LogP) is 5.45. The lowest BCUT2D eigenvalue weighted by atomic mass is 10.2. The standard InChI is InChI=1S/C21H18BrClN2O3/c22-17-13-16(4-5-18(17)25-8-10-27-11-9-25)24-21(26)20-7-6-19(28-20)14-2-1-3-15(23)12-14/h1-7,12-13H,8-11H2,(H,24,26). The maximum Gasteiger partial charge on any atom is 0.291 e. The fraction of sp³-hybridized carbons (Fsp3) is 0.190. The summed E-state index contributed by atoms with van der Waals surface area (Å²) in [5, 5.41) is 3.49. The van der Waals surface area contributed by atoms with Crippen LogP contribution in [0.2, 0.25) is 5.02 Å². The lowest BCUT2D eigenvalue weighted by Crippen LogP contribution is -2.36. The quantitative estimate of drug-likeness (QED) is 0.561. The Hall–Kier alpha value is -2.28. The smallest absolute Gasteiger partial charge is 0.291 e. The Morgan fingerprint density at radius 3 is 2.64 bits per heavy atom. The van der Waals surface area contributed by atoms with Crippen molar-refractivity contribution in [1.29, 1.82) is 0 Å². The molecule has 0 bridgehead atoms. The van der Waals surface area contributed by atoms with Crippen LogP contribution in [0, 0.1) is 0 Å². The number of anilines is 2. The van der Waals surface area contributed by atoms with Gasteiger partial charge in [-0.3, -0.25) is 4.79 Å². The highest BCUT2D eigenvalue weighted by atomic mass is 79.9. The number of amides is 1. The first-order valence-electron chi connectivity index (χ1n) is 8.89. The van der Waals surface area contributed by atoms with E-state index in [1.54, 1.807) is 24.3 Å². The highest BCUT2D eigenvalue weighted by Crippen LogP contribution is 2.30. The Morgan fingerprint density at radius 2 is 1.89 bits per heavy atom. The van der Waals surface area contributed by atoms with E-state index >= 15 is 0 Å². The van der Waals surface area contributed by atoms with Crippen molar-refractivity contribution in [2.24, 2.45) is 0 Å². The van der Waals surface area contributed by atoms with E-state index in [9.17, 15) is 4.79 Å². The number of carbonyl (C=O) groups excluding carboxylic acids is 1. The van der Waals surface area contributed by atoms with Crippen molar-refractivity contribution in [1.82, 2.24) is 0 Å². The summed E-state index contributed by atoms with van der Waals surface area (Å²) in [6.45, 7) is 3.14. The molecule has 1 saturated heterocycles. The number of nitrogens with zero attached hydrogens (tertiary/aromatic N) is 1. The minimum absolute atomic E-state index is 0.239. The minimum Gasteiger partial charge on any atom is -0.451 e. The van der Waals surface area contributed by atoms with Gasteiger partial charge in [-0.2, -0.15) is 0 Å². The second-order valence-corrected chi connectivity index (χ2v) is 7.68. The molecule has 3 aromatic rings. The molecular weight excluding hydrogens is 444 g/mol. The third-order valence-corrected chi connectivity index (χ3v) is 5.37. The molecule has 1 aliphatic heterocycles. The van der Waals surface area contributed by atoms with Crippen LogP contribution in [0.3, 0.4) is 0 Å². The van der Waals surface area contributed by atoms with Crippen LogP contribution in [0.5, 0.6) is 0 Å². The number of nitrogens with one attached hydrogen (secondary N) is 1. The third kappa shape index (κ3) is 4.24. The van der Waals surface area contributed by atoms with Crippen molar-refractivity contribution in [3.63, 3.8) is 0 Å². The number of hydrogen-bond donors (Lipinski definition) is 1. The lowest BCUT2D eigenvalue weighted by molar-refractivity contribution is 0.0997. The maximum absolute atomic E-state index is 12.6. The number of carbonyl (C=O) groups is 1. The molecule has 0 saturated carbocycles. The van der Waals surface area contributed by atoms with Gasteiger partial charge in [0.1, 0.15) is 5.76 Å². The van der Waals surface area contributed by atoms with Crippen molar-refractivity contribution in [3.05, 3.63) is 69.9 Å². The van der Waals surface area contributed by atoms with Gasteiger partial charge >= 0.3 is 0 Å². The SMILES string of the molecule is O=C(Nc1ccc(N2CCOCC2)c(Br)c1)c1ccc(-c2cccc(Cl)c2)o1. The van der Waals surface area contributed by atoms with Crippen molar-refractivity contribution in [2.45, 2.75) is 0 Å². The first-order valence-corrected chi connectivity index (χ1v) is 10.1. The summed E-state index contributed by atoms with van der Waals surface area (Å²) in [5.74, 6) is 0.527. The van der Waals surface area contributed by atoms with Gasteiger partial charge in [-0.25, -0.2) is 0 Å². The Bertz CT molecular complexity index is 999. The normalized spacial score (nSPS) is 14.1. The summed E-state index contributed by atoms with van der Waals surface area (Å²) < 4.78 is 12.0. The van der Waals surface area contributed by atoms with Crippen LogP contribution >= 0.6 is 27.5 Å². The fourth-order valence-corrected chi connectivity index (χ4v) is 3.91. The molecule has 1 aromatic heterocycles. The van der Waals surface area contributed by atoms with Crippen molar-refractivity contribution < 1.29 is 13.9 Å². The average molecular weight is 462 g/mol. The number of hydrogen-bond acceptors (Lipinski definition) is 4. The van der Waals surface area contributed by atoms with Crippen LogP contribution in [0.4, 0.5) is 11.4 Å². The Balaban J connectivity index is 1.47. The molecule has 28 heavy (non-hydrogen) atoms. The molecule has 0 radical (unpaired) electrons. The zero-order valence-corrected chi connectivity index (χ0v) is 17.3. The van der Waals surface area contributed by atoms with E-state index in [2.05, 4.69) is 26.1 Å². The number of furan rings is 1. The number of benzene rings is 2. The Morgan fingerprint density at radius 1 is 1.07 bits per heavy atom. The van der Waals surface area contributed by atoms with E-state index in [1.165, 1.54) is 0 Å². The summed E-state index contributed by atoms with van der Waals surface area (Å²) in [6.07, 6.45) is 0. The molecule has 1 amide bonds. The van der Waals surface area contributed by atoms with Gasteiger partial charge in [-0.15, -0.1) is 0 Å². The van der Waals surface area contributed by atoms with Gasteiger partial charge in [0, 0.05) is 33.8 Å². The minimum atomic E-state index is -0.306. The van der Waals surface area contributed by atoms with Crippen LogP contribution < -0.4 is 10.2 Å². The molecular formula is C21H18BrClN2O3. The lowest BCUT2D eigenvalue weighted by Gasteiger charge is -2.29. The number of rotatable bonds is 4. The molecule has 0 atom stereocenters. The molecule has 0 aliphatic carbocycles. The molecule has 144 valence electrons. The molecule has 2 heterocycles. The molecule has 7 heteroatoms. The van der Waals surface area contributed by atoms with E-state index in [0.29, 0.717) is 16.5 Å².